The highest BCUT2D eigenvalue weighted by Crippen LogP contribution is 2.29. The van der Waals surface area contributed by atoms with E-state index >= 15 is 0 Å². The fourth-order valence-electron chi connectivity index (χ4n) is 3.26. The van der Waals surface area contributed by atoms with Crippen LogP contribution in [-0.4, -0.2) is 35.0 Å². The molecule has 1 unspecified atom stereocenters. The Labute approximate surface area is 180 Å². The van der Waals surface area contributed by atoms with Crippen molar-refractivity contribution in [2.24, 2.45) is 0 Å². The predicted molar refractivity (Wildman–Crippen MR) is 111 cm³/mol. The first-order valence-electron chi connectivity index (χ1n) is 9.61. The van der Waals surface area contributed by atoms with Gasteiger partial charge >= 0.3 is 6.36 Å². The van der Waals surface area contributed by atoms with E-state index in [-0.39, 0.29) is 17.5 Å². The number of fused-ring (bicyclic) bond motifs is 1. The molecule has 0 aliphatic heterocycles. The second kappa shape index (κ2) is 8.81. The van der Waals surface area contributed by atoms with Crippen LogP contribution in [-0.2, 0) is 0 Å². The van der Waals surface area contributed by atoms with Gasteiger partial charge in [0.05, 0.1) is 11.6 Å². The number of carbonyl (C=O) groups is 1. The van der Waals surface area contributed by atoms with Gasteiger partial charge < -0.3 is 24.9 Å². The van der Waals surface area contributed by atoms with E-state index in [4.69, 9.17) is 4.74 Å². The lowest BCUT2D eigenvalue weighted by atomic mass is 10.1. The first-order valence-corrected chi connectivity index (χ1v) is 9.61. The van der Waals surface area contributed by atoms with E-state index in [2.05, 4.69) is 15.0 Å². The monoisotopic (exact) mass is 450 g/mol. The summed E-state index contributed by atoms with van der Waals surface area (Å²) in [5.41, 5.74) is 0.478. The van der Waals surface area contributed by atoms with Crippen LogP contribution in [0.2, 0.25) is 0 Å². The molecule has 0 saturated heterocycles. The van der Waals surface area contributed by atoms with E-state index in [1.807, 2.05) is 32.0 Å². The minimum Gasteiger partial charge on any atom is -0.502 e. The number of para-hydroxylation sites is 1. The molecule has 0 radical (unpaired) electrons. The standard InChI is InChI=1S/C22H21F3N2O5/c1-11-5-4-6-12(2)19(11)31-10-13(3)26-20(29)17-15-9-14(32-22(23,24)25)7-8-16(15)27-21(30)18(17)28/h4-9,13,28H,10H2,1-3H3,(H,26,29)(H,27,30). The normalized spacial score (nSPS) is 12.4. The van der Waals surface area contributed by atoms with Crippen LogP contribution in [0.4, 0.5) is 13.2 Å². The molecule has 3 aromatic rings. The summed E-state index contributed by atoms with van der Waals surface area (Å²) in [6.45, 7) is 5.50. The number of aromatic amines is 1. The molecule has 1 amide bonds. The van der Waals surface area contributed by atoms with Crippen LogP contribution in [0.1, 0.15) is 28.4 Å². The lowest BCUT2D eigenvalue weighted by molar-refractivity contribution is -0.274. The van der Waals surface area contributed by atoms with Crippen LogP contribution in [0.3, 0.4) is 0 Å². The van der Waals surface area contributed by atoms with Crippen LogP contribution in [0.15, 0.2) is 41.2 Å². The molecule has 32 heavy (non-hydrogen) atoms. The Hall–Kier alpha value is -3.69. The van der Waals surface area contributed by atoms with Crippen LogP contribution >= 0.6 is 0 Å². The minimum absolute atomic E-state index is 0.0620. The van der Waals surface area contributed by atoms with Gasteiger partial charge in [0.25, 0.3) is 11.5 Å². The number of hydrogen-bond acceptors (Lipinski definition) is 5. The first-order chi connectivity index (χ1) is 15.0. The summed E-state index contributed by atoms with van der Waals surface area (Å²) >= 11 is 0. The number of amides is 1. The number of rotatable bonds is 6. The number of H-pyrrole nitrogens is 1. The lowest BCUT2D eigenvalue weighted by Crippen LogP contribution is -2.37. The van der Waals surface area contributed by atoms with Gasteiger partial charge in [-0.2, -0.15) is 0 Å². The number of aromatic nitrogens is 1. The molecule has 3 N–H and O–H groups in total. The number of benzene rings is 2. The quantitative estimate of drug-likeness (QED) is 0.528. The van der Waals surface area contributed by atoms with Crippen molar-refractivity contribution in [1.82, 2.24) is 10.3 Å². The van der Waals surface area contributed by atoms with Gasteiger partial charge in [0.15, 0.2) is 5.75 Å². The molecule has 0 bridgehead atoms. The summed E-state index contributed by atoms with van der Waals surface area (Å²) in [5.74, 6) is -1.69. The van der Waals surface area contributed by atoms with E-state index in [1.54, 1.807) is 6.92 Å². The van der Waals surface area contributed by atoms with Crippen LogP contribution in [0.5, 0.6) is 17.2 Å². The maximum Gasteiger partial charge on any atom is 0.573 e. The average molecular weight is 450 g/mol. The van der Waals surface area contributed by atoms with Gasteiger partial charge in [-0.15, -0.1) is 13.2 Å². The van der Waals surface area contributed by atoms with Crippen molar-refractivity contribution in [2.75, 3.05) is 6.61 Å². The van der Waals surface area contributed by atoms with E-state index in [0.29, 0.717) is 5.75 Å². The van der Waals surface area contributed by atoms with Crippen molar-refractivity contribution in [3.05, 3.63) is 63.4 Å². The molecule has 0 aliphatic carbocycles. The van der Waals surface area contributed by atoms with Gasteiger partial charge in [0, 0.05) is 10.9 Å². The summed E-state index contributed by atoms with van der Waals surface area (Å²) in [4.78, 5) is 27.2. The molecule has 10 heteroatoms. The highest BCUT2D eigenvalue weighted by molar-refractivity contribution is 6.08. The summed E-state index contributed by atoms with van der Waals surface area (Å²) in [6.07, 6.45) is -4.94. The van der Waals surface area contributed by atoms with Gasteiger partial charge in [0.1, 0.15) is 18.1 Å². The summed E-state index contributed by atoms with van der Waals surface area (Å²) in [7, 11) is 0. The number of aromatic hydroxyl groups is 1. The SMILES string of the molecule is Cc1cccc(C)c1OCC(C)NC(=O)c1c(O)c(=O)[nH]c2ccc(OC(F)(F)F)cc12. The smallest absolute Gasteiger partial charge is 0.502 e. The third-order valence-corrected chi connectivity index (χ3v) is 4.69. The number of ether oxygens (including phenoxy) is 2. The maximum absolute atomic E-state index is 12.8. The van der Waals surface area contributed by atoms with Crippen molar-refractivity contribution in [3.8, 4) is 17.2 Å². The summed E-state index contributed by atoms with van der Waals surface area (Å²) in [5, 5.41) is 12.7. The number of alkyl halides is 3. The third-order valence-electron chi connectivity index (χ3n) is 4.69. The molecule has 0 aliphatic rings. The van der Waals surface area contributed by atoms with Crippen LogP contribution in [0.25, 0.3) is 10.9 Å². The molecule has 0 spiro atoms. The summed E-state index contributed by atoms with van der Waals surface area (Å²) < 4.78 is 47.4. The molecule has 3 rings (SSSR count). The first kappa shape index (κ1) is 23.0. The van der Waals surface area contributed by atoms with Gasteiger partial charge in [-0.05, 0) is 50.1 Å². The Morgan fingerprint density at radius 2 is 1.84 bits per heavy atom. The van der Waals surface area contributed by atoms with Crippen molar-refractivity contribution >= 4 is 16.8 Å². The second-order valence-electron chi connectivity index (χ2n) is 7.34. The van der Waals surface area contributed by atoms with Gasteiger partial charge in [-0.3, -0.25) is 9.59 Å². The highest BCUT2D eigenvalue weighted by Gasteiger charge is 2.31. The molecule has 2 aromatic carbocycles. The zero-order valence-electron chi connectivity index (χ0n) is 17.5. The molecule has 1 atom stereocenters. The van der Waals surface area contributed by atoms with E-state index in [1.165, 1.54) is 0 Å². The maximum atomic E-state index is 12.8. The Bertz CT molecular complexity index is 1200. The number of nitrogens with one attached hydrogen (secondary N) is 2. The van der Waals surface area contributed by atoms with Crippen molar-refractivity contribution in [3.63, 3.8) is 0 Å². The molecule has 7 nitrogen and oxygen atoms in total. The fraction of sp³-hybridized carbons (Fsp3) is 0.273. The van der Waals surface area contributed by atoms with Gasteiger partial charge in [0.2, 0.25) is 0 Å². The second-order valence-corrected chi connectivity index (χ2v) is 7.34. The van der Waals surface area contributed by atoms with E-state index in [9.17, 15) is 27.9 Å². The molecule has 0 saturated carbocycles. The third kappa shape index (κ3) is 5.13. The molecule has 1 heterocycles. The zero-order valence-corrected chi connectivity index (χ0v) is 17.5. The molecule has 170 valence electrons. The molecular formula is C22H21F3N2O5. The number of carbonyl (C=O) groups excluding carboxylic acids is 1. The Morgan fingerprint density at radius 1 is 1.19 bits per heavy atom. The fourth-order valence-corrected chi connectivity index (χ4v) is 3.26. The number of aryl methyl sites for hydroxylation is 2. The largest absolute Gasteiger partial charge is 0.573 e. The number of hydrogen-bond donors (Lipinski definition) is 3. The average Bonchev–Trinajstić information content (AvgIpc) is 2.67. The van der Waals surface area contributed by atoms with Crippen molar-refractivity contribution < 1.29 is 32.5 Å². The Balaban J connectivity index is 1.86. The Morgan fingerprint density at radius 3 is 2.47 bits per heavy atom. The van der Waals surface area contributed by atoms with Crippen LogP contribution < -0.4 is 20.3 Å². The highest BCUT2D eigenvalue weighted by atomic mass is 19.4. The molecular weight excluding hydrogens is 429 g/mol. The Kier molecular flexibility index (Phi) is 6.33. The number of halogens is 3. The van der Waals surface area contributed by atoms with Crippen molar-refractivity contribution in [1.29, 1.82) is 0 Å². The van der Waals surface area contributed by atoms with E-state index < -0.39 is 40.9 Å². The summed E-state index contributed by atoms with van der Waals surface area (Å²) in [6, 6.07) is 8.17. The number of pyridine rings is 1. The molecule has 1 aromatic heterocycles. The van der Waals surface area contributed by atoms with Gasteiger partial charge in [-0.25, -0.2) is 0 Å². The van der Waals surface area contributed by atoms with Crippen LogP contribution in [0, 0.1) is 13.8 Å². The topological polar surface area (TPSA) is 101 Å². The van der Waals surface area contributed by atoms with Crippen molar-refractivity contribution in [2.45, 2.75) is 33.2 Å². The minimum atomic E-state index is -4.94. The molecule has 0 fully saturated rings. The lowest BCUT2D eigenvalue weighted by Gasteiger charge is -2.18. The van der Waals surface area contributed by atoms with E-state index in [0.717, 1.165) is 29.3 Å². The zero-order chi connectivity index (χ0) is 23.6. The van der Waals surface area contributed by atoms with Gasteiger partial charge in [-0.1, -0.05) is 18.2 Å². The predicted octanol–water partition coefficient (Wildman–Crippen LogP) is 3.95.